The van der Waals surface area contributed by atoms with Crippen LogP contribution in [0, 0.1) is 24.2 Å². The summed E-state index contributed by atoms with van der Waals surface area (Å²) >= 11 is 1.63. The highest BCUT2D eigenvalue weighted by molar-refractivity contribution is 7.18. The molecule has 4 N–H and O–H groups in total. The minimum Gasteiger partial charge on any atom is -0.379 e. The first-order valence-electron chi connectivity index (χ1n) is 11.6. The van der Waals surface area contributed by atoms with Crippen LogP contribution in [-0.2, 0) is 11.3 Å². The summed E-state index contributed by atoms with van der Waals surface area (Å²) in [5.41, 5.74) is 0.987. The average molecular weight is 467 g/mol. The smallest absolute Gasteiger partial charge is 0.226 e. The number of nitrogens with zero attached hydrogens (tertiary/aromatic N) is 4. The van der Waals surface area contributed by atoms with Gasteiger partial charge in [0.1, 0.15) is 10.6 Å². The van der Waals surface area contributed by atoms with Crippen LogP contribution >= 0.6 is 11.3 Å². The maximum atomic E-state index is 8.92. The van der Waals surface area contributed by atoms with Gasteiger partial charge in [0.2, 0.25) is 5.95 Å². The minimum atomic E-state index is 0.328. The Morgan fingerprint density at radius 1 is 1.21 bits per heavy atom. The minimum absolute atomic E-state index is 0.328. The first kappa shape index (κ1) is 22.1. The van der Waals surface area contributed by atoms with E-state index >= 15 is 0 Å². The highest BCUT2D eigenvalue weighted by Gasteiger charge is 2.35. The van der Waals surface area contributed by atoms with Gasteiger partial charge in [0.15, 0.2) is 5.82 Å². The molecule has 0 spiro atoms. The lowest BCUT2D eigenvalue weighted by Crippen LogP contribution is -2.54. The summed E-state index contributed by atoms with van der Waals surface area (Å²) < 4.78 is 5.33. The van der Waals surface area contributed by atoms with E-state index in [1.807, 2.05) is 13.0 Å². The Hall–Kier alpha value is -2.74. The first-order valence-corrected chi connectivity index (χ1v) is 12.4. The summed E-state index contributed by atoms with van der Waals surface area (Å²) in [6.45, 7) is 2.52. The highest BCUT2D eigenvalue weighted by Crippen LogP contribution is 2.35. The van der Waals surface area contributed by atoms with Gasteiger partial charge in [-0.3, -0.25) is 5.10 Å². The van der Waals surface area contributed by atoms with Gasteiger partial charge in [-0.2, -0.15) is 15.3 Å². The fraction of sp³-hybridized carbons (Fsp3) is 0.565. The zero-order chi connectivity index (χ0) is 22.8. The molecule has 0 radical (unpaired) electrons. The van der Waals surface area contributed by atoms with E-state index in [1.165, 1.54) is 0 Å². The van der Waals surface area contributed by atoms with Crippen LogP contribution in [0.2, 0.25) is 0 Å². The number of fused-ring (bicyclic) bond motifs is 3. The van der Waals surface area contributed by atoms with Crippen LogP contribution in [0.5, 0.6) is 0 Å². The van der Waals surface area contributed by atoms with Crippen LogP contribution in [0.15, 0.2) is 12.1 Å². The number of aromatic amines is 1. The predicted molar refractivity (Wildman–Crippen MR) is 130 cm³/mol. The van der Waals surface area contributed by atoms with Gasteiger partial charge in [0.05, 0.1) is 18.1 Å². The third-order valence-electron chi connectivity index (χ3n) is 6.53. The van der Waals surface area contributed by atoms with Crippen LogP contribution in [0.3, 0.4) is 0 Å². The SMILES string of the molecule is COCc1cc2c(Nc3cc(C)[nH]n3)nc(N[C@@H]3C[C@H]4CC(CCC#N)C[C@@H](C3)N4)nc2s1. The summed E-state index contributed by atoms with van der Waals surface area (Å²) in [7, 11) is 1.70. The van der Waals surface area contributed by atoms with Crippen LogP contribution < -0.4 is 16.0 Å². The molecule has 4 atom stereocenters. The molecule has 2 saturated heterocycles. The summed E-state index contributed by atoms with van der Waals surface area (Å²) in [6.07, 6.45) is 6.06. The lowest BCUT2D eigenvalue weighted by Gasteiger charge is -2.43. The molecule has 5 rings (SSSR count). The molecule has 174 valence electrons. The molecule has 33 heavy (non-hydrogen) atoms. The predicted octanol–water partition coefficient (Wildman–Crippen LogP) is 4.23. The van der Waals surface area contributed by atoms with E-state index in [1.54, 1.807) is 18.4 Å². The quantitative estimate of drug-likeness (QED) is 0.389. The van der Waals surface area contributed by atoms with Crippen molar-refractivity contribution in [2.75, 3.05) is 17.7 Å². The summed E-state index contributed by atoms with van der Waals surface area (Å²) in [5.74, 6) is 2.79. The van der Waals surface area contributed by atoms with Gasteiger partial charge in [-0.15, -0.1) is 11.3 Å². The highest BCUT2D eigenvalue weighted by atomic mass is 32.1. The number of ether oxygens (including phenoxy) is 1. The number of rotatable bonds is 8. The molecular formula is C23H30N8OS. The molecule has 1 unspecified atom stereocenters. The van der Waals surface area contributed by atoms with Crippen molar-refractivity contribution in [1.29, 1.82) is 5.26 Å². The van der Waals surface area contributed by atoms with E-state index in [2.05, 4.69) is 38.3 Å². The average Bonchev–Trinajstić information content (AvgIpc) is 3.37. The number of hydrogen-bond acceptors (Lipinski definition) is 9. The van der Waals surface area contributed by atoms with E-state index < -0.39 is 0 Å². The van der Waals surface area contributed by atoms with Crippen molar-refractivity contribution < 1.29 is 4.74 Å². The van der Waals surface area contributed by atoms with Crippen LogP contribution in [0.1, 0.15) is 49.1 Å². The lowest BCUT2D eigenvalue weighted by atomic mass is 9.77. The summed E-state index contributed by atoms with van der Waals surface area (Å²) in [6, 6.07) is 7.65. The summed E-state index contributed by atoms with van der Waals surface area (Å²) in [5, 5.41) is 27.9. The summed E-state index contributed by atoms with van der Waals surface area (Å²) in [4.78, 5) is 11.7. The van der Waals surface area contributed by atoms with E-state index in [4.69, 9.17) is 20.0 Å². The first-order chi connectivity index (χ1) is 16.1. The molecule has 10 heteroatoms. The Morgan fingerprint density at radius 3 is 2.73 bits per heavy atom. The number of nitriles is 1. The number of hydrogen-bond donors (Lipinski definition) is 4. The molecule has 0 aliphatic carbocycles. The van der Waals surface area contributed by atoms with Crippen molar-refractivity contribution in [3.63, 3.8) is 0 Å². The van der Waals surface area contributed by atoms with E-state index in [0.717, 1.165) is 64.5 Å². The normalized spacial score (nSPS) is 24.5. The molecule has 0 saturated carbocycles. The molecule has 2 aliphatic heterocycles. The van der Waals surface area contributed by atoms with Gasteiger partial charge in [-0.25, -0.2) is 4.98 Å². The number of H-pyrrole nitrogens is 1. The third-order valence-corrected chi connectivity index (χ3v) is 7.53. The Bertz CT molecular complexity index is 1140. The van der Waals surface area contributed by atoms with Crippen molar-refractivity contribution in [2.24, 2.45) is 5.92 Å². The molecule has 0 aromatic carbocycles. The van der Waals surface area contributed by atoms with Crippen LogP contribution in [0.4, 0.5) is 17.6 Å². The largest absolute Gasteiger partial charge is 0.379 e. The Balaban J connectivity index is 1.35. The second-order valence-electron chi connectivity index (χ2n) is 9.23. The standard InChI is InChI=1S/C23H30N8OS/c1-13-6-20(31-30-13)27-21-19-11-18(12-32-2)33-22(19)29-23(28-21)26-17-9-15-7-14(4-3-5-24)8-16(10-17)25-15/h6,11,14-17,25H,3-4,7-10,12H2,1-2H3,(H3,26,27,28,29,30,31)/t14?,15-,16+,17-. The molecule has 3 aromatic heterocycles. The fourth-order valence-electron chi connectivity index (χ4n) is 5.23. The van der Waals surface area contributed by atoms with Crippen molar-refractivity contribution >= 4 is 39.1 Å². The number of thiophene rings is 1. The Kier molecular flexibility index (Phi) is 6.44. The maximum Gasteiger partial charge on any atom is 0.226 e. The van der Waals surface area contributed by atoms with Gasteiger partial charge in [-0.05, 0) is 51.0 Å². The molecule has 3 aromatic rings. The number of anilines is 3. The molecule has 0 amide bonds. The fourth-order valence-corrected chi connectivity index (χ4v) is 6.23. The number of aromatic nitrogens is 4. The van der Waals surface area contributed by atoms with Crippen molar-refractivity contribution in [1.82, 2.24) is 25.5 Å². The van der Waals surface area contributed by atoms with Crippen LogP contribution in [0.25, 0.3) is 10.2 Å². The zero-order valence-electron chi connectivity index (χ0n) is 19.0. The second-order valence-corrected chi connectivity index (χ2v) is 10.3. The third kappa shape index (κ3) is 5.11. The van der Waals surface area contributed by atoms with Crippen molar-refractivity contribution in [3.8, 4) is 6.07 Å². The molecule has 2 aliphatic rings. The van der Waals surface area contributed by atoms with Gasteiger partial charge in [0, 0.05) is 48.3 Å². The van der Waals surface area contributed by atoms with Gasteiger partial charge in [0.25, 0.3) is 0 Å². The van der Waals surface area contributed by atoms with Gasteiger partial charge in [-0.1, -0.05) is 0 Å². The van der Waals surface area contributed by atoms with Crippen molar-refractivity contribution in [3.05, 3.63) is 22.7 Å². The van der Waals surface area contributed by atoms with Gasteiger partial charge >= 0.3 is 0 Å². The number of nitrogens with one attached hydrogen (secondary N) is 4. The second kappa shape index (κ2) is 9.63. The Morgan fingerprint density at radius 2 is 2.03 bits per heavy atom. The van der Waals surface area contributed by atoms with Crippen molar-refractivity contribution in [2.45, 2.75) is 70.2 Å². The number of methoxy groups -OCH3 is 1. The molecule has 2 bridgehead atoms. The lowest BCUT2D eigenvalue weighted by molar-refractivity contribution is 0.171. The van der Waals surface area contributed by atoms with Gasteiger partial charge < -0.3 is 20.7 Å². The maximum absolute atomic E-state index is 8.92. The topological polar surface area (TPSA) is 124 Å². The van der Waals surface area contributed by atoms with Crippen LogP contribution in [-0.4, -0.2) is 45.4 Å². The number of piperidine rings is 2. The number of aryl methyl sites for hydroxylation is 1. The molecule has 5 heterocycles. The monoisotopic (exact) mass is 466 g/mol. The zero-order valence-corrected chi connectivity index (χ0v) is 19.8. The Labute approximate surface area is 197 Å². The molecule has 2 fully saturated rings. The van der Waals surface area contributed by atoms with E-state index in [-0.39, 0.29) is 0 Å². The molecule has 9 nitrogen and oxygen atoms in total. The van der Waals surface area contributed by atoms with E-state index in [9.17, 15) is 0 Å². The molecular weight excluding hydrogens is 436 g/mol. The van der Waals surface area contributed by atoms with E-state index in [0.29, 0.717) is 43.0 Å².